The molecule has 31 heavy (non-hydrogen) atoms. The van der Waals surface area contributed by atoms with Crippen LogP contribution in [0.3, 0.4) is 0 Å². The lowest BCUT2D eigenvalue weighted by atomic mass is 10.2. The van der Waals surface area contributed by atoms with Crippen LogP contribution in [-0.2, 0) is 6.18 Å². The molecule has 0 spiro atoms. The van der Waals surface area contributed by atoms with Crippen LogP contribution in [0.2, 0.25) is 0 Å². The predicted octanol–water partition coefficient (Wildman–Crippen LogP) is 6.23. The fourth-order valence-electron chi connectivity index (χ4n) is 2.97. The number of carbonyl (C=O) groups is 1. The summed E-state index contributed by atoms with van der Waals surface area (Å²) in [5.74, 6) is 0.468. The number of fused-ring (bicyclic) bond motifs is 1. The number of benzene rings is 3. The van der Waals surface area contributed by atoms with Gasteiger partial charge in [0, 0.05) is 11.6 Å². The van der Waals surface area contributed by atoms with E-state index in [9.17, 15) is 22.8 Å². The molecule has 0 N–H and O–H groups in total. The number of ether oxygens (including phenoxy) is 1. The molecule has 0 saturated heterocycles. The molecule has 0 aliphatic rings. The van der Waals surface area contributed by atoms with E-state index in [2.05, 4.69) is 0 Å². The molecule has 1 aromatic heterocycles. The number of thiazole rings is 1. The summed E-state index contributed by atoms with van der Waals surface area (Å²) in [4.78, 5) is 24.3. The molecule has 0 radical (unpaired) electrons. The third-order valence-electron chi connectivity index (χ3n) is 4.42. The van der Waals surface area contributed by atoms with Crippen molar-refractivity contribution in [1.82, 2.24) is 4.57 Å². The third-order valence-corrected chi connectivity index (χ3v) is 5.33. The van der Waals surface area contributed by atoms with Crippen LogP contribution in [0.4, 0.5) is 13.2 Å². The Balaban J connectivity index is 1.64. The van der Waals surface area contributed by atoms with E-state index in [0.29, 0.717) is 28.4 Å². The van der Waals surface area contributed by atoms with Crippen molar-refractivity contribution in [3.05, 3.63) is 99.7 Å². The van der Waals surface area contributed by atoms with Crippen LogP contribution in [0.5, 0.6) is 11.5 Å². The molecular formula is C23H14F3NO3S. The molecule has 0 aliphatic heterocycles. The van der Waals surface area contributed by atoms with Gasteiger partial charge in [0.2, 0.25) is 0 Å². The number of nitrogens with zero attached hydrogens (tertiary/aromatic N) is 1. The molecule has 8 heteroatoms. The zero-order valence-electron chi connectivity index (χ0n) is 15.8. The summed E-state index contributed by atoms with van der Waals surface area (Å²) in [6.07, 6.45) is -1.84. The number of halogens is 3. The lowest BCUT2D eigenvalue weighted by Crippen LogP contribution is -2.19. The van der Waals surface area contributed by atoms with Crippen LogP contribution in [0, 0.1) is 0 Å². The standard InChI is InChI=1S/C23H14F3NO3S/c24-23(25,26)16-11-12-18-20(14-16)31-22(29)27(18)21(28)13-10-15-6-4-5-9-19(15)30-17-7-2-1-3-8-17/h1-14H/b13-10+. The molecule has 4 aromatic rings. The van der Waals surface area contributed by atoms with Crippen molar-refractivity contribution < 1.29 is 22.7 Å². The predicted molar refractivity (Wildman–Crippen MR) is 114 cm³/mol. The molecule has 156 valence electrons. The zero-order valence-corrected chi connectivity index (χ0v) is 16.6. The second-order valence-corrected chi connectivity index (χ2v) is 7.50. The molecular weight excluding hydrogens is 427 g/mol. The molecule has 0 unspecified atom stereocenters. The number of carbonyl (C=O) groups excluding carboxylic acids is 1. The van der Waals surface area contributed by atoms with E-state index < -0.39 is 22.5 Å². The van der Waals surface area contributed by atoms with Gasteiger partial charge in [-0.15, -0.1) is 0 Å². The van der Waals surface area contributed by atoms with Crippen LogP contribution in [0.25, 0.3) is 16.3 Å². The Labute approximate surface area is 178 Å². The van der Waals surface area contributed by atoms with Crippen LogP contribution in [0.15, 0.2) is 83.7 Å². The second-order valence-electron chi connectivity index (χ2n) is 6.51. The van der Waals surface area contributed by atoms with E-state index in [1.54, 1.807) is 36.4 Å². The number of rotatable bonds is 4. The Morgan fingerprint density at radius 2 is 1.68 bits per heavy atom. The number of hydrogen-bond acceptors (Lipinski definition) is 4. The number of allylic oxidation sites excluding steroid dienone is 1. The van der Waals surface area contributed by atoms with E-state index in [-0.39, 0.29) is 10.2 Å². The average Bonchev–Trinajstić information content (AvgIpc) is 3.08. The van der Waals surface area contributed by atoms with E-state index in [1.807, 2.05) is 18.2 Å². The molecule has 0 fully saturated rings. The fraction of sp³-hybridized carbons (Fsp3) is 0.0435. The first kappa shape index (κ1) is 20.6. The first-order valence-corrected chi connectivity index (χ1v) is 9.92. The van der Waals surface area contributed by atoms with Gasteiger partial charge in [-0.3, -0.25) is 9.59 Å². The van der Waals surface area contributed by atoms with Gasteiger partial charge in [0.1, 0.15) is 11.5 Å². The maximum Gasteiger partial charge on any atom is 0.416 e. The highest BCUT2D eigenvalue weighted by Gasteiger charge is 2.31. The highest BCUT2D eigenvalue weighted by atomic mass is 32.1. The van der Waals surface area contributed by atoms with Crippen LogP contribution in [0.1, 0.15) is 15.9 Å². The Bertz CT molecular complexity index is 1340. The van der Waals surface area contributed by atoms with Gasteiger partial charge in [-0.05, 0) is 42.5 Å². The molecule has 3 aromatic carbocycles. The Morgan fingerprint density at radius 1 is 0.968 bits per heavy atom. The van der Waals surface area contributed by atoms with Gasteiger partial charge in [-0.1, -0.05) is 47.7 Å². The summed E-state index contributed by atoms with van der Waals surface area (Å²) in [5, 5.41) is 0. The number of para-hydroxylation sites is 2. The lowest BCUT2D eigenvalue weighted by Gasteiger charge is -2.08. The minimum absolute atomic E-state index is 0.0920. The van der Waals surface area contributed by atoms with Gasteiger partial charge in [-0.2, -0.15) is 13.2 Å². The Hall–Kier alpha value is -3.65. The Morgan fingerprint density at radius 3 is 2.42 bits per heavy atom. The third kappa shape index (κ3) is 4.44. The van der Waals surface area contributed by atoms with Gasteiger partial charge in [0.05, 0.1) is 15.8 Å². The quantitative estimate of drug-likeness (QED) is 0.353. The van der Waals surface area contributed by atoms with Gasteiger partial charge >= 0.3 is 11.0 Å². The highest BCUT2D eigenvalue weighted by molar-refractivity contribution is 7.16. The summed E-state index contributed by atoms with van der Waals surface area (Å²) >= 11 is 0.592. The van der Waals surface area contributed by atoms with Gasteiger partial charge in [-0.25, -0.2) is 4.57 Å². The summed E-state index contributed by atoms with van der Waals surface area (Å²) in [7, 11) is 0. The van der Waals surface area contributed by atoms with Crippen molar-refractivity contribution in [2.24, 2.45) is 0 Å². The number of alkyl halides is 3. The SMILES string of the molecule is O=C(/C=C/c1ccccc1Oc1ccccc1)n1c(=O)sc2cc(C(F)(F)F)ccc21. The van der Waals surface area contributed by atoms with E-state index in [4.69, 9.17) is 4.74 Å². The zero-order chi connectivity index (χ0) is 22.0. The first-order valence-electron chi connectivity index (χ1n) is 9.10. The van der Waals surface area contributed by atoms with Crippen molar-refractivity contribution in [1.29, 1.82) is 0 Å². The van der Waals surface area contributed by atoms with Gasteiger partial charge in [0.25, 0.3) is 5.91 Å². The number of aromatic nitrogens is 1. The molecule has 4 rings (SSSR count). The molecule has 4 nitrogen and oxygen atoms in total. The molecule has 0 amide bonds. The lowest BCUT2D eigenvalue weighted by molar-refractivity contribution is -0.137. The van der Waals surface area contributed by atoms with E-state index >= 15 is 0 Å². The van der Waals surface area contributed by atoms with Gasteiger partial charge in [0.15, 0.2) is 0 Å². The summed E-state index contributed by atoms with van der Waals surface area (Å²) in [5.41, 5.74) is -0.138. The summed E-state index contributed by atoms with van der Waals surface area (Å²) < 4.78 is 45.5. The molecule has 0 saturated carbocycles. The monoisotopic (exact) mass is 441 g/mol. The first-order chi connectivity index (χ1) is 14.8. The van der Waals surface area contributed by atoms with E-state index in [0.717, 1.165) is 22.8 Å². The minimum atomic E-state index is -4.53. The summed E-state index contributed by atoms with van der Waals surface area (Å²) in [6, 6.07) is 19.0. The highest BCUT2D eigenvalue weighted by Crippen LogP contribution is 2.32. The average molecular weight is 441 g/mol. The van der Waals surface area contributed by atoms with Crippen molar-refractivity contribution in [3.8, 4) is 11.5 Å². The normalized spacial score (nSPS) is 11.8. The molecule has 0 bridgehead atoms. The number of hydrogen-bond donors (Lipinski definition) is 0. The molecule has 0 aliphatic carbocycles. The molecule has 0 atom stereocenters. The maximum atomic E-state index is 12.9. The largest absolute Gasteiger partial charge is 0.457 e. The van der Waals surface area contributed by atoms with Crippen LogP contribution in [-0.4, -0.2) is 10.5 Å². The maximum absolute atomic E-state index is 12.9. The smallest absolute Gasteiger partial charge is 0.416 e. The fourth-order valence-corrected chi connectivity index (χ4v) is 3.88. The van der Waals surface area contributed by atoms with Crippen LogP contribution >= 0.6 is 11.3 Å². The van der Waals surface area contributed by atoms with Crippen molar-refractivity contribution >= 4 is 33.5 Å². The second kappa shape index (κ2) is 8.23. The van der Waals surface area contributed by atoms with Crippen molar-refractivity contribution in [2.75, 3.05) is 0 Å². The van der Waals surface area contributed by atoms with Crippen LogP contribution < -0.4 is 9.61 Å². The van der Waals surface area contributed by atoms with Crippen molar-refractivity contribution in [3.63, 3.8) is 0 Å². The van der Waals surface area contributed by atoms with Crippen molar-refractivity contribution in [2.45, 2.75) is 6.18 Å². The summed E-state index contributed by atoms with van der Waals surface area (Å²) in [6.45, 7) is 0. The van der Waals surface area contributed by atoms with E-state index in [1.165, 1.54) is 12.2 Å². The van der Waals surface area contributed by atoms with Gasteiger partial charge < -0.3 is 4.74 Å². The molecule has 1 heterocycles. The Kier molecular flexibility index (Phi) is 5.48. The minimum Gasteiger partial charge on any atom is -0.457 e. The topological polar surface area (TPSA) is 48.3 Å².